The van der Waals surface area contributed by atoms with Crippen LogP contribution in [0.1, 0.15) is 40.0 Å². The number of nitrogens with one attached hydrogen (secondary N) is 1. The number of hydrogen-bond donors (Lipinski definition) is 2. The van der Waals surface area contributed by atoms with Crippen molar-refractivity contribution in [1.82, 2.24) is 10.2 Å². The van der Waals surface area contributed by atoms with Gasteiger partial charge in [-0.25, -0.2) is 0 Å². The molecule has 1 saturated heterocycles. The number of rotatable bonds is 5. The van der Waals surface area contributed by atoms with E-state index in [1.165, 1.54) is 12.8 Å². The highest BCUT2D eigenvalue weighted by Gasteiger charge is 2.30. The second kappa shape index (κ2) is 5.25. The highest BCUT2D eigenvalue weighted by molar-refractivity contribution is 4.86. The van der Waals surface area contributed by atoms with Crippen LogP contribution in [0, 0.1) is 11.3 Å². The molecule has 0 radical (unpaired) electrons. The van der Waals surface area contributed by atoms with Gasteiger partial charge in [0.25, 0.3) is 0 Å². The van der Waals surface area contributed by atoms with Gasteiger partial charge in [-0.2, -0.15) is 0 Å². The fourth-order valence-corrected chi connectivity index (χ4v) is 2.73. The number of aliphatic hydroxyl groups is 1. The molecule has 0 aromatic carbocycles. The van der Waals surface area contributed by atoms with Crippen molar-refractivity contribution in [3.8, 4) is 0 Å². The maximum atomic E-state index is 9.74. The molecule has 0 amide bonds. The van der Waals surface area contributed by atoms with Gasteiger partial charge < -0.3 is 15.3 Å². The Kier molecular flexibility index (Phi) is 4.11. The molecule has 1 aliphatic heterocycles. The number of likely N-dealkylation sites (tertiary alicyclic amines) is 1. The third-order valence-corrected chi connectivity index (χ3v) is 4.04. The molecule has 3 nitrogen and oxygen atoms in total. The maximum absolute atomic E-state index is 9.74. The van der Waals surface area contributed by atoms with Gasteiger partial charge in [-0.3, -0.25) is 0 Å². The Bertz CT molecular complexity index is 251. The van der Waals surface area contributed by atoms with Crippen LogP contribution >= 0.6 is 0 Å². The second-order valence-corrected chi connectivity index (χ2v) is 6.89. The molecule has 2 unspecified atom stereocenters. The van der Waals surface area contributed by atoms with E-state index in [9.17, 15) is 5.11 Å². The molecule has 2 atom stereocenters. The first kappa shape index (κ1) is 13.3. The van der Waals surface area contributed by atoms with Crippen molar-refractivity contribution < 1.29 is 5.11 Å². The van der Waals surface area contributed by atoms with E-state index in [2.05, 4.69) is 31.0 Å². The maximum Gasteiger partial charge on any atom is 0.0590 e. The van der Waals surface area contributed by atoms with Crippen molar-refractivity contribution in [2.75, 3.05) is 26.2 Å². The molecule has 1 aliphatic carbocycles. The Balaban J connectivity index is 1.74. The average Bonchev–Trinajstić information content (AvgIpc) is 3.04. The fourth-order valence-electron chi connectivity index (χ4n) is 2.73. The molecule has 1 heterocycles. The predicted octanol–water partition coefficient (Wildman–Crippen LogP) is 1.47. The van der Waals surface area contributed by atoms with Gasteiger partial charge in [0.15, 0.2) is 0 Å². The van der Waals surface area contributed by atoms with Gasteiger partial charge in [0.05, 0.1) is 6.10 Å². The molecule has 0 bridgehead atoms. The zero-order chi connectivity index (χ0) is 12.5. The average molecular weight is 240 g/mol. The first-order valence-electron chi connectivity index (χ1n) is 7.10. The van der Waals surface area contributed by atoms with Crippen molar-refractivity contribution in [1.29, 1.82) is 0 Å². The van der Waals surface area contributed by atoms with E-state index in [0.29, 0.717) is 11.3 Å². The molecule has 1 saturated carbocycles. The summed E-state index contributed by atoms with van der Waals surface area (Å²) < 4.78 is 0. The number of nitrogens with zero attached hydrogens (tertiary/aromatic N) is 1. The lowest BCUT2D eigenvalue weighted by atomic mass is 9.89. The standard InChI is InChI=1S/C14H28N2O/c1-11-8-16(7-6-13(11)17)10-14(2,3)9-15-12-4-5-12/h11-13,15,17H,4-10H2,1-3H3. The highest BCUT2D eigenvalue weighted by atomic mass is 16.3. The minimum atomic E-state index is -0.0843. The normalized spacial score (nSPS) is 31.8. The Morgan fingerprint density at radius 2 is 2.00 bits per heavy atom. The smallest absolute Gasteiger partial charge is 0.0590 e. The molecule has 2 N–H and O–H groups in total. The van der Waals surface area contributed by atoms with Crippen LogP contribution in [0.3, 0.4) is 0 Å². The van der Waals surface area contributed by atoms with Gasteiger partial charge in [-0.05, 0) is 30.6 Å². The topological polar surface area (TPSA) is 35.5 Å². The Labute approximate surface area is 106 Å². The van der Waals surface area contributed by atoms with Gasteiger partial charge in [0, 0.05) is 32.2 Å². The predicted molar refractivity (Wildman–Crippen MR) is 71.0 cm³/mol. The summed E-state index contributed by atoms with van der Waals surface area (Å²) in [4.78, 5) is 2.52. The molecule has 100 valence electrons. The lowest BCUT2D eigenvalue weighted by Crippen LogP contribution is -2.47. The van der Waals surface area contributed by atoms with Gasteiger partial charge in [0.1, 0.15) is 0 Å². The van der Waals surface area contributed by atoms with Crippen LogP contribution in [0.2, 0.25) is 0 Å². The lowest BCUT2D eigenvalue weighted by molar-refractivity contribution is 0.0210. The minimum absolute atomic E-state index is 0.0843. The summed E-state index contributed by atoms with van der Waals surface area (Å²) >= 11 is 0. The van der Waals surface area contributed by atoms with Crippen LogP contribution in [0.15, 0.2) is 0 Å². The Hall–Kier alpha value is -0.120. The van der Waals surface area contributed by atoms with Gasteiger partial charge in [-0.15, -0.1) is 0 Å². The van der Waals surface area contributed by atoms with Gasteiger partial charge >= 0.3 is 0 Å². The zero-order valence-corrected chi connectivity index (χ0v) is 11.6. The molecule has 17 heavy (non-hydrogen) atoms. The molecule has 3 heteroatoms. The summed E-state index contributed by atoms with van der Waals surface area (Å²) in [5.74, 6) is 0.427. The largest absolute Gasteiger partial charge is 0.393 e. The van der Waals surface area contributed by atoms with E-state index >= 15 is 0 Å². The summed E-state index contributed by atoms with van der Waals surface area (Å²) in [6, 6.07) is 0.802. The van der Waals surface area contributed by atoms with Crippen molar-refractivity contribution in [2.24, 2.45) is 11.3 Å². The molecule has 0 aromatic rings. The SMILES string of the molecule is CC1CN(CC(C)(C)CNC2CC2)CCC1O. The van der Waals surface area contributed by atoms with E-state index in [1.807, 2.05) is 0 Å². The second-order valence-electron chi connectivity index (χ2n) is 6.89. The zero-order valence-electron chi connectivity index (χ0n) is 11.6. The minimum Gasteiger partial charge on any atom is -0.393 e. The first-order valence-corrected chi connectivity index (χ1v) is 7.10. The van der Waals surface area contributed by atoms with E-state index in [4.69, 9.17) is 0 Å². The van der Waals surface area contributed by atoms with Crippen LogP contribution in [-0.2, 0) is 0 Å². The highest BCUT2D eigenvalue weighted by Crippen LogP contribution is 2.24. The summed E-state index contributed by atoms with van der Waals surface area (Å²) in [6.45, 7) is 11.2. The van der Waals surface area contributed by atoms with Crippen LogP contribution in [-0.4, -0.2) is 48.3 Å². The third-order valence-electron chi connectivity index (χ3n) is 4.04. The number of piperidine rings is 1. The Morgan fingerprint density at radius 3 is 2.59 bits per heavy atom. The Morgan fingerprint density at radius 1 is 1.29 bits per heavy atom. The molecular weight excluding hydrogens is 212 g/mol. The van der Waals surface area contributed by atoms with Crippen molar-refractivity contribution >= 4 is 0 Å². The van der Waals surface area contributed by atoms with E-state index in [0.717, 1.165) is 38.6 Å². The van der Waals surface area contributed by atoms with Crippen molar-refractivity contribution in [3.63, 3.8) is 0 Å². The van der Waals surface area contributed by atoms with E-state index in [1.54, 1.807) is 0 Å². The van der Waals surface area contributed by atoms with Crippen LogP contribution in [0.4, 0.5) is 0 Å². The van der Waals surface area contributed by atoms with Crippen LogP contribution in [0.25, 0.3) is 0 Å². The van der Waals surface area contributed by atoms with Crippen LogP contribution < -0.4 is 5.32 Å². The monoisotopic (exact) mass is 240 g/mol. The molecule has 2 fully saturated rings. The quantitative estimate of drug-likeness (QED) is 0.764. The summed E-state index contributed by atoms with van der Waals surface area (Å²) in [6.07, 6.45) is 3.58. The fraction of sp³-hybridized carbons (Fsp3) is 1.00. The summed E-state index contributed by atoms with van der Waals surface area (Å²) in [7, 11) is 0. The van der Waals surface area contributed by atoms with Crippen molar-refractivity contribution in [2.45, 2.75) is 52.2 Å². The summed E-state index contributed by atoms with van der Waals surface area (Å²) in [5.41, 5.74) is 0.338. The first-order chi connectivity index (χ1) is 7.96. The molecular formula is C14H28N2O. The van der Waals surface area contributed by atoms with Crippen LogP contribution in [0.5, 0.6) is 0 Å². The van der Waals surface area contributed by atoms with E-state index in [-0.39, 0.29) is 6.10 Å². The molecule has 2 aliphatic rings. The number of aliphatic hydroxyl groups excluding tert-OH is 1. The molecule has 0 spiro atoms. The van der Waals surface area contributed by atoms with Crippen molar-refractivity contribution in [3.05, 3.63) is 0 Å². The van der Waals surface area contributed by atoms with Gasteiger partial charge in [-0.1, -0.05) is 20.8 Å². The summed E-state index contributed by atoms with van der Waals surface area (Å²) in [5, 5.41) is 13.4. The third kappa shape index (κ3) is 4.23. The van der Waals surface area contributed by atoms with Gasteiger partial charge in [0.2, 0.25) is 0 Å². The van der Waals surface area contributed by atoms with E-state index < -0.39 is 0 Å². The lowest BCUT2D eigenvalue weighted by Gasteiger charge is -2.39. The number of hydrogen-bond acceptors (Lipinski definition) is 3. The molecule has 2 rings (SSSR count). The molecule has 0 aromatic heterocycles.